The minimum absolute atomic E-state index is 0. The van der Waals surface area contributed by atoms with Gasteiger partial charge in [0, 0.05) is 27.2 Å². The molecule has 1 nitrogen and oxygen atoms in total. The number of benzene rings is 2. The molecule has 0 aliphatic rings. The van der Waals surface area contributed by atoms with Crippen molar-refractivity contribution in [2.75, 3.05) is 5.73 Å². The number of anilines is 1. The monoisotopic (exact) mass is 321 g/mol. The van der Waals surface area contributed by atoms with Crippen molar-refractivity contribution >= 4 is 52.9 Å². The summed E-state index contributed by atoms with van der Waals surface area (Å²) in [6.45, 7) is 0. The molecule has 0 atom stereocenters. The summed E-state index contributed by atoms with van der Waals surface area (Å²) in [7, 11) is 0. The molecule has 5 heteroatoms. The summed E-state index contributed by atoms with van der Waals surface area (Å²) in [6, 6.07) is 10.9. The molecule has 2 N–H and O–H groups in total. The zero-order valence-corrected chi connectivity index (χ0v) is 12.4. The highest BCUT2D eigenvalue weighted by molar-refractivity contribution is 6.35. The summed E-state index contributed by atoms with van der Waals surface area (Å²) >= 11 is 18.1. The van der Waals surface area contributed by atoms with Crippen LogP contribution in [0.25, 0.3) is 0 Å². The molecule has 2 rings (SSSR count). The predicted molar refractivity (Wildman–Crippen MR) is 82.4 cm³/mol. The minimum Gasteiger partial charge on any atom is -0.399 e. The fourth-order valence-corrected chi connectivity index (χ4v) is 2.31. The predicted octanol–water partition coefficient (Wildman–Crippen LogP) is 5.24. The van der Waals surface area contributed by atoms with Crippen LogP contribution in [0.5, 0.6) is 0 Å². The molecular formula is C13H11Cl4N. The molecule has 0 amide bonds. The zero-order chi connectivity index (χ0) is 12.4. The summed E-state index contributed by atoms with van der Waals surface area (Å²) in [6.07, 6.45) is 0.662. The molecule has 0 saturated carbocycles. The molecule has 0 bridgehead atoms. The second kappa shape index (κ2) is 6.53. The Morgan fingerprint density at radius 2 is 1.39 bits per heavy atom. The summed E-state index contributed by atoms with van der Waals surface area (Å²) in [5, 5.41) is 1.92. The van der Waals surface area contributed by atoms with Crippen LogP contribution in [0.15, 0.2) is 36.4 Å². The SMILES string of the molecule is Cl.Nc1ccc(Cc2ccc(Cl)cc2Cl)c(Cl)c1. The van der Waals surface area contributed by atoms with Crippen LogP contribution >= 0.6 is 47.2 Å². The summed E-state index contributed by atoms with van der Waals surface area (Å²) in [5.41, 5.74) is 8.28. The Kier molecular flexibility index (Phi) is 5.61. The quantitative estimate of drug-likeness (QED) is 0.751. The molecule has 0 spiro atoms. The van der Waals surface area contributed by atoms with Crippen molar-refractivity contribution in [3.63, 3.8) is 0 Å². The van der Waals surface area contributed by atoms with E-state index < -0.39 is 0 Å². The third-order valence-corrected chi connectivity index (χ3v) is 3.41. The van der Waals surface area contributed by atoms with Crippen molar-refractivity contribution in [2.24, 2.45) is 0 Å². The highest BCUT2D eigenvalue weighted by Gasteiger charge is 2.06. The van der Waals surface area contributed by atoms with Crippen molar-refractivity contribution < 1.29 is 0 Å². The van der Waals surface area contributed by atoms with Gasteiger partial charge in [-0.2, -0.15) is 0 Å². The van der Waals surface area contributed by atoms with Crippen molar-refractivity contribution in [2.45, 2.75) is 6.42 Å². The normalized spacial score (nSPS) is 9.94. The largest absolute Gasteiger partial charge is 0.399 e. The van der Waals surface area contributed by atoms with Crippen LogP contribution in [0.1, 0.15) is 11.1 Å². The van der Waals surface area contributed by atoms with E-state index in [4.69, 9.17) is 40.5 Å². The molecule has 0 unspecified atom stereocenters. The first kappa shape index (κ1) is 15.5. The van der Waals surface area contributed by atoms with Crippen molar-refractivity contribution in [3.8, 4) is 0 Å². The number of nitrogen functional groups attached to an aromatic ring is 1. The van der Waals surface area contributed by atoms with E-state index in [0.717, 1.165) is 11.1 Å². The van der Waals surface area contributed by atoms with Gasteiger partial charge < -0.3 is 5.73 Å². The molecule has 0 heterocycles. The highest BCUT2D eigenvalue weighted by Crippen LogP contribution is 2.27. The topological polar surface area (TPSA) is 26.0 Å². The second-order valence-electron chi connectivity index (χ2n) is 3.76. The first-order valence-electron chi connectivity index (χ1n) is 5.04. The van der Waals surface area contributed by atoms with Crippen molar-refractivity contribution in [1.82, 2.24) is 0 Å². The van der Waals surface area contributed by atoms with E-state index in [1.54, 1.807) is 12.1 Å². The molecule has 2 aromatic carbocycles. The Labute approximate surface area is 127 Å². The van der Waals surface area contributed by atoms with Gasteiger partial charge in [0.15, 0.2) is 0 Å². The Hall–Kier alpha value is -0.600. The Morgan fingerprint density at radius 1 is 0.833 bits per heavy atom. The molecule has 18 heavy (non-hydrogen) atoms. The van der Waals surface area contributed by atoms with Gasteiger partial charge in [-0.05, 0) is 35.4 Å². The molecule has 0 fully saturated rings. The van der Waals surface area contributed by atoms with Crippen LogP contribution in [0.3, 0.4) is 0 Å². The molecule has 0 aliphatic carbocycles. The highest BCUT2D eigenvalue weighted by atomic mass is 35.5. The van der Waals surface area contributed by atoms with Crippen LogP contribution < -0.4 is 5.73 Å². The second-order valence-corrected chi connectivity index (χ2v) is 5.01. The standard InChI is InChI=1S/C13H10Cl3N.ClH/c14-10-3-1-8(12(15)6-10)5-9-2-4-11(17)7-13(9)16;/h1-4,6-7H,5,17H2;1H. The van der Waals surface area contributed by atoms with E-state index in [9.17, 15) is 0 Å². The van der Waals surface area contributed by atoms with Crippen LogP contribution in [0.2, 0.25) is 15.1 Å². The van der Waals surface area contributed by atoms with Crippen LogP contribution in [0, 0.1) is 0 Å². The summed E-state index contributed by atoms with van der Waals surface area (Å²) < 4.78 is 0. The third kappa shape index (κ3) is 3.69. The van der Waals surface area contributed by atoms with Gasteiger partial charge in [0.2, 0.25) is 0 Å². The van der Waals surface area contributed by atoms with Gasteiger partial charge >= 0.3 is 0 Å². The zero-order valence-electron chi connectivity index (χ0n) is 9.29. The van der Waals surface area contributed by atoms with Gasteiger partial charge in [0.1, 0.15) is 0 Å². The van der Waals surface area contributed by atoms with E-state index in [1.165, 1.54) is 0 Å². The number of hydrogen-bond donors (Lipinski definition) is 1. The Bertz CT molecular complexity index is 505. The summed E-state index contributed by atoms with van der Waals surface area (Å²) in [5.74, 6) is 0. The lowest BCUT2D eigenvalue weighted by atomic mass is 10.0. The minimum atomic E-state index is 0. The lowest BCUT2D eigenvalue weighted by Crippen LogP contribution is -1.92. The number of rotatable bonds is 2. The van der Waals surface area contributed by atoms with Crippen LogP contribution in [-0.2, 0) is 6.42 Å². The van der Waals surface area contributed by atoms with E-state index in [-0.39, 0.29) is 12.4 Å². The lowest BCUT2D eigenvalue weighted by molar-refractivity contribution is 1.19. The van der Waals surface area contributed by atoms with Crippen LogP contribution in [-0.4, -0.2) is 0 Å². The number of hydrogen-bond acceptors (Lipinski definition) is 1. The van der Waals surface area contributed by atoms with Gasteiger partial charge in [0.05, 0.1) is 0 Å². The average Bonchev–Trinajstić information content (AvgIpc) is 2.25. The fourth-order valence-electron chi connectivity index (χ4n) is 1.58. The average molecular weight is 323 g/mol. The lowest BCUT2D eigenvalue weighted by Gasteiger charge is -2.07. The van der Waals surface area contributed by atoms with Gasteiger partial charge in [0.25, 0.3) is 0 Å². The Morgan fingerprint density at radius 3 is 1.94 bits per heavy atom. The molecule has 2 aromatic rings. The molecular weight excluding hydrogens is 312 g/mol. The summed E-state index contributed by atoms with van der Waals surface area (Å²) in [4.78, 5) is 0. The Balaban J connectivity index is 0.00000162. The third-order valence-electron chi connectivity index (χ3n) is 2.47. The number of nitrogens with two attached hydrogens (primary N) is 1. The molecule has 0 saturated heterocycles. The first-order valence-corrected chi connectivity index (χ1v) is 6.17. The van der Waals surface area contributed by atoms with Crippen molar-refractivity contribution in [1.29, 1.82) is 0 Å². The molecule has 0 aromatic heterocycles. The maximum Gasteiger partial charge on any atom is 0.0461 e. The smallest absolute Gasteiger partial charge is 0.0461 e. The first-order chi connectivity index (χ1) is 8.06. The van der Waals surface area contributed by atoms with E-state index >= 15 is 0 Å². The molecule has 96 valence electrons. The van der Waals surface area contributed by atoms with E-state index in [2.05, 4.69) is 0 Å². The van der Waals surface area contributed by atoms with Gasteiger partial charge in [-0.25, -0.2) is 0 Å². The van der Waals surface area contributed by atoms with E-state index in [1.807, 2.05) is 24.3 Å². The van der Waals surface area contributed by atoms with Gasteiger partial charge in [-0.1, -0.05) is 46.9 Å². The molecule has 0 radical (unpaired) electrons. The number of halogens is 4. The maximum atomic E-state index is 6.11. The van der Waals surface area contributed by atoms with Gasteiger partial charge in [-0.3, -0.25) is 0 Å². The molecule has 0 aliphatic heterocycles. The fraction of sp³-hybridized carbons (Fsp3) is 0.0769. The van der Waals surface area contributed by atoms with E-state index in [0.29, 0.717) is 27.2 Å². The maximum absolute atomic E-state index is 6.11. The van der Waals surface area contributed by atoms with Gasteiger partial charge in [-0.15, -0.1) is 12.4 Å². The van der Waals surface area contributed by atoms with Crippen LogP contribution in [0.4, 0.5) is 5.69 Å². The van der Waals surface area contributed by atoms with Crippen molar-refractivity contribution in [3.05, 3.63) is 62.6 Å².